The number of aryl methyl sites for hydroxylation is 1. The van der Waals surface area contributed by atoms with Gasteiger partial charge in [0, 0.05) is 5.39 Å². The molecule has 1 aliphatic carbocycles. The second-order valence-electron chi connectivity index (χ2n) is 6.95. The molecule has 0 saturated heterocycles. The van der Waals surface area contributed by atoms with Gasteiger partial charge in [-0.3, -0.25) is 4.79 Å². The molecule has 1 amide bonds. The van der Waals surface area contributed by atoms with Gasteiger partial charge < -0.3 is 14.6 Å². The summed E-state index contributed by atoms with van der Waals surface area (Å²) in [5, 5.41) is 4.76. The van der Waals surface area contributed by atoms with Crippen LogP contribution in [0.3, 0.4) is 0 Å². The third-order valence-electron chi connectivity index (χ3n) is 5.45. The van der Waals surface area contributed by atoms with Crippen LogP contribution in [0.5, 0.6) is 5.75 Å². The van der Waals surface area contributed by atoms with Gasteiger partial charge in [-0.05, 0) is 48.6 Å². The Morgan fingerprint density at radius 2 is 2.12 bits per heavy atom. The molecule has 1 N–H and O–H groups in total. The highest BCUT2D eigenvalue weighted by Crippen LogP contribution is 2.37. The number of nitrogens with one attached hydrogen (secondary N) is 1. The van der Waals surface area contributed by atoms with Crippen molar-refractivity contribution in [2.24, 2.45) is 0 Å². The van der Waals surface area contributed by atoms with E-state index >= 15 is 0 Å². The van der Waals surface area contributed by atoms with Crippen molar-refractivity contribution in [2.45, 2.75) is 31.8 Å². The fourth-order valence-corrected chi connectivity index (χ4v) is 4.44. The van der Waals surface area contributed by atoms with Gasteiger partial charge in [0.2, 0.25) is 0 Å². The van der Waals surface area contributed by atoms with Crippen LogP contribution in [0, 0.1) is 0 Å². The number of fused-ring (bicyclic) bond motifs is 1. The lowest BCUT2D eigenvalue weighted by Gasteiger charge is -2.27. The molecule has 5 heteroatoms. The van der Waals surface area contributed by atoms with Crippen molar-refractivity contribution in [3.63, 3.8) is 0 Å². The lowest BCUT2D eigenvalue weighted by Crippen LogP contribution is -2.33. The molecular weight excluding hydrogens is 348 g/mol. The maximum absolute atomic E-state index is 13.1. The fraction of sp³-hybridized carbons (Fsp3) is 0.286. The number of carbonyl (C=O) groups is 1. The number of benzene rings is 2. The van der Waals surface area contributed by atoms with E-state index in [1.807, 2.05) is 28.8 Å². The highest BCUT2D eigenvalue weighted by atomic mass is 35.5. The highest BCUT2D eigenvalue weighted by Gasteiger charge is 2.26. The smallest absolute Gasteiger partial charge is 0.268 e. The Balaban J connectivity index is 1.53. The predicted octanol–water partition coefficient (Wildman–Crippen LogP) is 4.49. The molecule has 1 unspecified atom stereocenters. The molecule has 132 valence electrons. The van der Waals surface area contributed by atoms with E-state index in [0.29, 0.717) is 23.9 Å². The Labute approximate surface area is 156 Å². The monoisotopic (exact) mass is 366 g/mol. The SMILES string of the molecule is O=C(NC1CCCc2ccccc21)c1cc2c(Cl)ccc3c2n1CCO3. The Hall–Kier alpha value is -2.46. The number of rotatable bonds is 2. The van der Waals surface area contributed by atoms with Crippen LogP contribution in [0.1, 0.15) is 40.5 Å². The minimum Gasteiger partial charge on any atom is -0.490 e. The summed E-state index contributed by atoms with van der Waals surface area (Å²) < 4.78 is 7.76. The minimum atomic E-state index is -0.0492. The second-order valence-corrected chi connectivity index (χ2v) is 7.36. The van der Waals surface area contributed by atoms with Gasteiger partial charge in [-0.1, -0.05) is 35.9 Å². The molecule has 0 radical (unpaired) electrons. The summed E-state index contributed by atoms with van der Waals surface area (Å²) in [5.41, 5.74) is 4.15. The summed E-state index contributed by atoms with van der Waals surface area (Å²) >= 11 is 6.36. The van der Waals surface area contributed by atoms with Gasteiger partial charge in [0.15, 0.2) is 0 Å². The molecule has 0 saturated carbocycles. The van der Waals surface area contributed by atoms with E-state index in [0.717, 1.165) is 35.9 Å². The molecule has 0 spiro atoms. The van der Waals surface area contributed by atoms with Crippen molar-refractivity contribution >= 4 is 28.4 Å². The lowest BCUT2D eigenvalue weighted by molar-refractivity contribution is 0.0922. The van der Waals surface area contributed by atoms with E-state index in [4.69, 9.17) is 16.3 Å². The Bertz CT molecular complexity index is 1020. The number of amides is 1. The standard InChI is InChI=1S/C21H19ClN2O2/c22-16-8-9-19-20-15(16)12-18(24(20)10-11-26-19)21(25)23-17-7-3-5-13-4-1-2-6-14(13)17/h1-2,4,6,8-9,12,17H,3,5,7,10-11H2,(H,23,25). The topological polar surface area (TPSA) is 43.3 Å². The average molecular weight is 367 g/mol. The maximum Gasteiger partial charge on any atom is 0.268 e. The zero-order valence-corrected chi connectivity index (χ0v) is 15.1. The second kappa shape index (κ2) is 6.06. The van der Waals surface area contributed by atoms with Gasteiger partial charge in [0.05, 0.1) is 23.1 Å². The summed E-state index contributed by atoms with van der Waals surface area (Å²) in [4.78, 5) is 13.1. The summed E-state index contributed by atoms with van der Waals surface area (Å²) in [7, 11) is 0. The fourth-order valence-electron chi connectivity index (χ4n) is 4.23. The van der Waals surface area contributed by atoms with E-state index in [2.05, 4.69) is 23.5 Å². The van der Waals surface area contributed by atoms with Crippen molar-refractivity contribution in [1.29, 1.82) is 0 Å². The Morgan fingerprint density at radius 1 is 1.23 bits per heavy atom. The largest absolute Gasteiger partial charge is 0.490 e. The summed E-state index contributed by atoms with van der Waals surface area (Å²) in [5.74, 6) is 0.740. The van der Waals surface area contributed by atoms with Crippen LogP contribution in [-0.2, 0) is 13.0 Å². The predicted molar refractivity (Wildman–Crippen MR) is 102 cm³/mol. The first kappa shape index (κ1) is 15.8. The molecular formula is C21H19ClN2O2. The number of ether oxygens (including phenoxy) is 1. The molecule has 1 aromatic heterocycles. The van der Waals surface area contributed by atoms with E-state index < -0.39 is 0 Å². The maximum atomic E-state index is 13.1. The van der Waals surface area contributed by atoms with Crippen LogP contribution < -0.4 is 10.1 Å². The van der Waals surface area contributed by atoms with Crippen molar-refractivity contribution in [1.82, 2.24) is 9.88 Å². The first-order valence-electron chi connectivity index (χ1n) is 9.05. The van der Waals surface area contributed by atoms with Crippen LogP contribution in [-0.4, -0.2) is 17.1 Å². The zero-order valence-electron chi connectivity index (χ0n) is 14.3. The molecule has 2 aromatic carbocycles. The first-order chi connectivity index (χ1) is 12.7. The molecule has 1 atom stereocenters. The molecule has 0 bridgehead atoms. The van der Waals surface area contributed by atoms with Gasteiger partial charge in [-0.25, -0.2) is 0 Å². The van der Waals surface area contributed by atoms with Gasteiger partial charge in [0.25, 0.3) is 5.91 Å². The molecule has 0 fully saturated rings. The third kappa shape index (κ3) is 2.40. The quantitative estimate of drug-likeness (QED) is 0.726. The van der Waals surface area contributed by atoms with Crippen LogP contribution >= 0.6 is 11.6 Å². The summed E-state index contributed by atoms with van der Waals surface area (Å²) in [6.45, 7) is 1.21. The molecule has 5 rings (SSSR count). The van der Waals surface area contributed by atoms with Crippen molar-refractivity contribution in [3.8, 4) is 5.75 Å². The first-order valence-corrected chi connectivity index (χ1v) is 9.43. The van der Waals surface area contributed by atoms with Crippen LogP contribution in [0.15, 0.2) is 42.5 Å². The van der Waals surface area contributed by atoms with Crippen LogP contribution in [0.25, 0.3) is 10.9 Å². The molecule has 1 aliphatic heterocycles. The number of carbonyl (C=O) groups excluding carboxylic acids is 1. The van der Waals surface area contributed by atoms with E-state index in [9.17, 15) is 4.79 Å². The number of aromatic nitrogens is 1. The Kier molecular flexibility index (Phi) is 3.68. The van der Waals surface area contributed by atoms with Crippen LogP contribution in [0.4, 0.5) is 0 Å². The number of nitrogens with zero attached hydrogens (tertiary/aromatic N) is 1. The van der Waals surface area contributed by atoms with E-state index in [1.54, 1.807) is 0 Å². The zero-order chi connectivity index (χ0) is 17.7. The van der Waals surface area contributed by atoms with Crippen molar-refractivity contribution < 1.29 is 9.53 Å². The van der Waals surface area contributed by atoms with Gasteiger partial charge >= 0.3 is 0 Å². The molecule has 26 heavy (non-hydrogen) atoms. The third-order valence-corrected chi connectivity index (χ3v) is 5.78. The lowest BCUT2D eigenvalue weighted by atomic mass is 9.87. The van der Waals surface area contributed by atoms with Crippen LogP contribution in [0.2, 0.25) is 5.02 Å². The summed E-state index contributed by atoms with van der Waals surface area (Å²) in [6.07, 6.45) is 3.14. The summed E-state index contributed by atoms with van der Waals surface area (Å²) in [6, 6.07) is 14.0. The van der Waals surface area contributed by atoms with Gasteiger partial charge in [-0.15, -0.1) is 0 Å². The normalized spacial score (nSPS) is 18.3. The minimum absolute atomic E-state index is 0.0492. The average Bonchev–Trinajstić information content (AvgIpc) is 3.07. The van der Waals surface area contributed by atoms with Crippen molar-refractivity contribution in [3.05, 3.63) is 64.3 Å². The number of halogens is 1. The van der Waals surface area contributed by atoms with E-state index in [1.165, 1.54) is 11.1 Å². The number of hydrogen-bond donors (Lipinski definition) is 1. The molecule has 2 heterocycles. The molecule has 3 aromatic rings. The van der Waals surface area contributed by atoms with Gasteiger partial charge in [0.1, 0.15) is 18.1 Å². The highest BCUT2D eigenvalue weighted by molar-refractivity contribution is 6.36. The van der Waals surface area contributed by atoms with Gasteiger partial charge in [-0.2, -0.15) is 0 Å². The van der Waals surface area contributed by atoms with Crippen molar-refractivity contribution in [2.75, 3.05) is 6.61 Å². The Morgan fingerprint density at radius 3 is 3.04 bits per heavy atom. The molecule has 2 aliphatic rings. The number of hydrogen-bond acceptors (Lipinski definition) is 2. The van der Waals surface area contributed by atoms with E-state index in [-0.39, 0.29) is 11.9 Å². The molecule has 4 nitrogen and oxygen atoms in total.